The fraction of sp³-hybridized carbons (Fsp3) is 0.111. The Morgan fingerprint density at radius 1 is 1.10 bits per heavy atom. The first kappa shape index (κ1) is 19.3. The molecule has 29 heavy (non-hydrogen) atoms. The van der Waals surface area contributed by atoms with Gasteiger partial charge in [0, 0.05) is 17.8 Å². The van der Waals surface area contributed by atoms with Crippen LogP contribution in [0.1, 0.15) is 10.7 Å². The zero-order valence-corrected chi connectivity index (χ0v) is 16.4. The Morgan fingerprint density at radius 3 is 2.62 bits per heavy atom. The first-order chi connectivity index (χ1) is 13.9. The molecule has 4 aromatic rings. The molecule has 148 valence electrons. The van der Waals surface area contributed by atoms with Crippen LogP contribution in [0.3, 0.4) is 0 Å². The average Bonchev–Trinajstić information content (AvgIpc) is 3.35. The van der Waals surface area contributed by atoms with E-state index in [-0.39, 0.29) is 10.6 Å². The van der Waals surface area contributed by atoms with Crippen molar-refractivity contribution in [3.63, 3.8) is 0 Å². The maximum Gasteiger partial charge on any atom is 0.222 e. The van der Waals surface area contributed by atoms with Gasteiger partial charge in [0.15, 0.2) is 17.4 Å². The number of thiazole rings is 2. The lowest BCUT2D eigenvalue weighted by atomic mass is 10.2. The zero-order valence-electron chi connectivity index (χ0n) is 14.8. The van der Waals surface area contributed by atoms with Crippen LogP contribution in [0.2, 0.25) is 0 Å². The fourth-order valence-corrected chi connectivity index (χ4v) is 4.41. The van der Waals surface area contributed by atoms with E-state index in [1.54, 1.807) is 23.8 Å². The van der Waals surface area contributed by atoms with Gasteiger partial charge in [-0.2, -0.15) is 4.39 Å². The molecule has 4 rings (SSSR count). The second-order valence-electron chi connectivity index (χ2n) is 5.87. The van der Waals surface area contributed by atoms with Crippen molar-refractivity contribution in [3.8, 4) is 26.9 Å². The molecule has 0 amide bonds. The van der Waals surface area contributed by atoms with Crippen molar-refractivity contribution < 1.29 is 18.3 Å². The highest BCUT2D eigenvalue weighted by molar-refractivity contribution is 7.16. The molecule has 0 saturated carbocycles. The number of nitrogens with zero attached hydrogens (tertiary/aromatic N) is 4. The molecule has 0 unspecified atom stereocenters. The lowest BCUT2D eigenvalue weighted by Gasteiger charge is -2.03. The molecule has 0 fully saturated rings. The lowest BCUT2D eigenvalue weighted by molar-refractivity contribution is 0.377. The third kappa shape index (κ3) is 3.78. The van der Waals surface area contributed by atoms with E-state index >= 15 is 0 Å². The van der Waals surface area contributed by atoms with Gasteiger partial charge in [-0.1, -0.05) is 0 Å². The third-order valence-corrected chi connectivity index (χ3v) is 5.96. The van der Waals surface area contributed by atoms with Gasteiger partial charge in [0.1, 0.15) is 10.0 Å². The maximum atomic E-state index is 14.1. The van der Waals surface area contributed by atoms with Gasteiger partial charge in [0.05, 0.1) is 28.4 Å². The normalized spacial score (nSPS) is 11.0. The van der Waals surface area contributed by atoms with Crippen molar-refractivity contribution in [2.24, 2.45) is 0 Å². The number of phenolic OH excluding ortho intramolecular Hbond substituents is 1. The van der Waals surface area contributed by atoms with Crippen LogP contribution >= 0.6 is 22.7 Å². The van der Waals surface area contributed by atoms with Crippen molar-refractivity contribution in [3.05, 3.63) is 58.1 Å². The molecule has 0 aliphatic rings. The predicted octanol–water partition coefficient (Wildman–Crippen LogP) is 4.77. The molecule has 0 saturated heterocycles. The first-order valence-corrected chi connectivity index (χ1v) is 9.93. The summed E-state index contributed by atoms with van der Waals surface area (Å²) in [5, 5.41) is 14.8. The number of rotatable bonds is 5. The van der Waals surface area contributed by atoms with E-state index in [4.69, 9.17) is 0 Å². The lowest BCUT2D eigenvalue weighted by Crippen LogP contribution is -2.02. The summed E-state index contributed by atoms with van der Waals surface area (Å²) in [6.07, 6.45) is 3.25. The molecule has 0 bridgehead atoms. The summed E-state index contributed by atoms with van der Waals surface area (Å²) >= 11 is 2.43. The molecule has 11 heteroatoms. The van der Waals surface area contributed by atoms with Crippen LogP contribution in [-0.2, 0) is 6.54 Å². The van der Waals surface area contributed by atoms with E-state index in [1.807, 2.05) is 6.92 Å². The summed E-state index contributed by atoms with van der Waals surface area (Å²) in [5.41, 5.74) is 0.899. The molecule has 6 nitrogen and oxygen atoms in total. The number of nitrogens with one attached hydrogen (secondary N) is 1. The highest BCUT2D eigenvalue weighted by atomic mass is 32.1. The highest BCUT2D eigenvalue weighted by Gasteiger charge is 2.22. The molecule has 1 aromatic carbocycles. The molecule has 2 N–H and O–H groups in total. The van der Waals surface area contributed by atoms with Crippen LogP contribution in [0.4, 0.5) is 19.1 Å². The molecular formula is C18H12F3N5OS2. The quantitative estimate of drug-likeness (QED) is 0.440. The van der Waals surface area contributed by atoms with E-state index in [0.29, 0.717) is 18.2 Å². The van der Waals surface area contributed by atoms with Gasteiger partial charge < -0.3 is 10.4 Å². The molecule has 3 aromatic heterocycles. The van der Waals surface area contributed by atoms with Gasteiger partial charge in [-0.25, -0.2) is 28.7 Å². The van der Waals surface area contributed by atoms with Gasteiger partial charge in [0.25, 0.3) is 0 Å². The van der Waals surface area contributed by atoms with Gasteiger partial charge in [-0.3, -0.25) is 0 Å². The van der Waals surface area contributed by atoms with Crippen molar-refractivity contribution >= 4 is 28.6 Å². The third-order valence-electron chi connectivity index (χ3n) is 3.91. The van der Waals surface area contributed by atoms with Gasteiger partial charge >= 0.3 is 0 Å². The minimum atomic E-state index is -1.64. The Hall–Kier alpha value is -3.05. The van der Waals surface area contributed by atoms with Crippen LogP contribution in [0.15, 0.2) is 29.9 Å². The maximum absolute atomic E-state index is 14.1. The van der Waals surface area contributed by atoms with Crippen LogP contribution in [0.5, 0.6) is 5.75 Å². The second-order valence-corrected chi connectivity index (χ2v) is 7.81. The van der Waals surface area contributed by atoms with Crippen LogP contribution in [-0.4, -0.2) is 25.0 Å². The largest absolute Gasteiger partial charge is 0.503 e. The standard InChI is InChI=1S/C18H12F3N5OS2/c1-8-16(29-12(25-8)6-24-18-22-3-2-4-23-18)11-7-28-17(26-11)9-5-10(19)15(27)14(21)13(9)20/h2-5,7,27H,6H2,1H3,(H,22,23,24). The number of anilines is 1. The zero-order chi connectivity index (χ0) is 20.5. The number of aryl methyl sites for hydroxylation is 1. The minimum absolute atomic E-state index is 0.0976. The molecule has 0 spiro atoms. The van der Waals surface area contributed by atoms with E-state index in [9.17, 15) is 18.3 Å². The van der Waals surface area contributed by atoms with Crippen LogP contribution in [0, 0.1) is 24.4 Å². The smallest absolute Gasteiger partial charge is 0.222 e. The minimum Gasteiger partial charge on any atom is -0.503 e. The molecule has 0 aliphatic carbocycles. The molecular weight excluding hydrogens is 423 g/mol. The number of aromatic hydroxyl groups is 1. The molecule has 0 atom stereocenters. The van der Waals surface area contributed by atoms with Crippen LogP contribution < -0.4 is 5.32 Å². The fourth-order valence-electron chi connectivity index (χ4n) is 2.55. The van der Waals surface area contributed by atoms with Crippen molar-refractivity contribution in [2.45, 2.75) is 13.5 Å². The number of phenols is 1. The Kier molecular flexibility index (Phi) is 5.16. The van der Waals surface area contributed by atoms with Crippen molar-refractivity contribution in [2.75, 3.05) is 5.32 Å². The summed E-state index contributed by atoms with van der Waals surface area (Å²) in [4.78, 5) is 17.7. The van der Waals surface area contributed by atoms with Gasteiger partial charge in [-0.05, 0) is 19.1 Å². The molecule has 3 heterocycles. The number of hydrogen-bond donors (Lipinski definition) is 2. The summed E-state index contributed by atoms with van der Waals surface area (Å²) in [6, 6.07) is 2.44. The average molecular weight is 435 g/mol. The predicted molar refractivity (Wildman–Crippen MR) is 104 cm³/mol. The summed E-state index contributed by atoms with van der Waals surface area (Å²) < 4.78 is 41.4. The number of aromatic nitrogens is 4. The number of halogens is 3. The Balaban J connectivity index is 1.60. The molecule has 0 aliphatic heterocycles. The van der Waals surface area contributed by atoms with E-state index in [2.05, 4.69) is 25.3 Å². The SMILES string of the molecule is Cc1nc(CNc2ncccn2)sc1-c1csc(-c2cc(F)c(O)c(F)c2F)n1. The van der Waals surface area contributed by atoms with E-state index in [0.717, 1.165) is 33.0 Å². The topological polar surface area (TPSA) is 83.8 Å². The Bertz CT molecular complexity index is 1180. The van der Waals surface area contributed by atoms with Crippen molar-refractivity contribution in [1.29, 1.82) is 0 Å². The Morgan fingerprint density at radius 2 is 1.86 bits per heavy atom. The van der Waals surface area contributed by atoms with Crippen molar-refractivity contribution in [1.82, 2.24) is 19.9 Å². The van der Waals surface area contributed by atoms with Gasteiger partial charge in [-0.15, -0.1) is 22.7 Å². The van der Waals surface area contributed by atoms with E-state index in [1.165, 1.54) is 11.3 Å². The van der Waals surface area contributed by atoms with Gasteiger partial charge in [0.2, 0.25) is 11.8 Å². The molecule has 0 radical (unpaired) electrons. The summed E-state index contributed by atoms with van der Waals surface area (Å²) in [7, 11) is 0. The highest BCUT2D eigenvalue weighted by Crippen LogP contribution is 2.37. The summed E-state index contributed by atoms with van der Waals surface area (Å²) in [5.74, 6) is -5.10. The number of benzene rings is 1. The Labute approximate surface area is 170 Å². The van der Waals surface area contributed by atoms with E-state index < -0.39 is 23.2 Å². The first-order valence-electron chi connectivity index (χ1n) is 8.24. The summed E-state index contributed by atoms with van der Waals surface area (Å²) in [6.45, 7) is 2.23. The van der Waals surface area contributed by atoms with Crippen LogP contribution in [0.25, 0.3) is 21.1 Å². The monoisotopic (exact) mass is 435 g/mol. The second kappa shape index (κ2) is 7.76. The number of hydrogen-bond acceptors (Lipinski definition) is 8.